The van der Waals surface area contributed by atoms with Crippen molar-refractivity contribution in [2.75, 3.05) is 0 Å². The van der Waals surface area contributed by atoms with Gasteiger partial charge in [-0.15, -0.1) is 0 Å². The van der Waals surface area contributed by atoms with Crippen LogP contribution in [0.2, 0.25) is 0 Å². The molecule has 2 aliphatic heterocycles. The van der Waals surface area contributed by atoms with Crippen LogP contribution < -0.4 is 0 Å². The topological polar surface area (TPSA) is 40.6 Å². The van der Waals surface area contributed by atoms with Gasteiger partial charge in [0.1, 0.15) is 0 Å². The van der Waals surface area contributed by atoms with Gasteiger partial charge in [-0.3, -0.25) is 9.59 Å². The fourth-order valence-electron chi connectivity index (χ4n) is 8.66. The first kappa shape index (κ1) is 36.5. The Bertz CT molecular complexity index is 2710. The maximum atomic E-state index is 15.5. The van der Waals surface area contributed by atoms with Crippen LogP contribution in [0.5, 0.6) is 0 Å². The van der Waals surface area contributed by atoms with Crippen molar-refractivity contribution in [1.82, 2.24) is 9.80 Å². The molecular weight excluding hydrogens is 733 g/mol. The van der Waals surface area contributed by atoms with Gasteiger partial charge in [0.05, 0.1) is 35.6 Å². The van der Waals surface area contributed by atoms with E-state index >= 15 is 9.59 Å². The van der Waals surface area contributed by atoms with Gasteiger partial charge in [0.2, 0.25) is 0 Å². The number of rotatable bonds is 10. The van der Waals surface area contributed by atoms with E-state index in [9.17, 15) is 0 Å². The Kier molecular flexibility index (Phi) is 9.64. The molecule has 10 rings (SSSR count). The second kappa shape index (κ2) is 15.8. The summed E-state index contributed by atoms with van der Waals surface area (Å²) in [5.74, 6) is -0.381. The fraction of sp³-hybridized carbons (Fsp3) is 0.0357. The SMILES string of the molecule is O=C1C2=C(c3ccc(-c4ccccc4)cc3)N(Cc3ccccc3-c3ccccc3)C(=O)C2=C(c2ccc(-c3ccccc3)cc2)N1Cc1ccccc1-c1ccccc1. The molecule has 4 heteroatoms. The lowest BCUT2D eigenvalue weighted by atomic mass is 9.98. The number of carbonyl (C=O) groups excluding carboxylic acids is 2. The Balaban J connectivity index is 1.16. The molecule has 60 heavy (non-hydrogen) atoms. The minimum absolute atomic E-state index is 0.190. The Morgan fingerprint density at radius 2 is 0.533 bits per heavy atom. The summed E-state index contributed by atoms with van der Waals surface area (Å²) in [7, 11) is 0. The van der Waals surface area contributed by atoms with Gasteiger partial charge in [-0.25, -0.2) is 0 Å². The van der Waals surface area contributed by atoms with E-state index in [-0.39, 0.29) is 24.9 Å². The summed E-state index contributed by atoms with van der Waals surface area (Å²) in [6, 6.07) is 74.0. The highest BCUT2D eigenvalue weighted by atomic mass is 16.2. The normalized spacial score (nSPS) is 13.7. The van der Waals surface area contributed by atoms with Crippen LogP contribution in [0.25, 0.3) is 55.9 Å². The van der Waals surface area contributed by atoms with Gasteiger partial charge in [-0.1, -0.05) is 218 Å². The average molecular weight is 773 g/mol. The van der Waals surface area contributed by atoms with Gasteiger partial charge in [-0.05, 0) is 66.8 Å². The molecule has 0 spiro atoms. The van der Waals surface area contributed by atoms with Crippen molar-refractivity contribution in [3.05, 3.63) is 252 Å². The van der Waals surface area contributed by atoms with Crippen molar-refractivity contribution in [2.24, 2.45) is 0 Å². The number of nitrogens with zero attached hydrogens (tertiary/aromatic N) is 2. The average Bonchev–Trinajstić information content (AvgIpc) is 3.76. The highest BCUT2D eigenvalue weighted by Gasteiger charge is 2.49. The molecule has 0 aromatic heterocycles. The molecule has 0 fully saturated rings. The van der Waals surface area contributed by atoms with Gasteiger partial charge in [0, 0.05) is 0 Å². The first-order valence-electron chi connectivity index (χ1n) is 20.3. The van der Waals surface area contributed by atoms with E-state index in [4.69, 9.17) is 0 Å². The molecular formula is C56H40N2O2. The molecule has 286 valence electrons. The van der Waals surface area contributed by atoms with Crippen LogP contribution in [0.3, 0.4) is 0 Å². The zero-order valence-corrected chi connectivity index (χ0v) is 32.9. The third-order valence-corrected chi connectivity index (χ3v) is 11.6. The van der Waals surface area contributed by atoms with Crippen LogP contribution >= 0.6 is 0 Å². The number of carbonyl (C=O) groups is 2. The van der Waals surface area contributed by atoms with E-state index in [0.717, 1.165) is 66.8 Å². The lowest BCUT2D eigenvalue weighted by Gasteiger charge is -2.27. The summed E-state index contributed by atoms with van der Waals surface area (Å²) in [4.78, 5) is 34.6. The molecule has 0 radical (unpaired) electrons. The van der Waals surface area contributed by atoms with E-state index in [1.54, 1.807) is 0 Å². The second-order valence-corrected chi connectivity index (χ2v) is 15.2. The van der Waals surface area contributed by atoms with Gasteiger partial charge in [0.15, 0.2) is 0 Å². The van der Waals surface area contributed by atoms with Gasteiger partial charge >= 0.3 is 0 Å². The lowest BCUT2D eigenvalue weighted by Crippen LogP contribution is -2.29. The van der Waals surface area contributed by atoms with E-state index in [2.05, 4.69) is 97.1 Å². The fourth-order valence-corrected chi connectivity index (χ4v) is 8.66. The van der Waals surface area contributed by atoms with Crippen molar-refractivity contribution in [2.45, 2.75) is 13.1 Å². The summed E-state index contributed by atoms with van der Waals surface area (Å²) in [5.41, 5.74) is 14.3. The Labute approximate surface area is 350 Å². The van der Waals surface area contributed by atoms with Crippen LogP contribution in [-0.4, -0.2) is 21.6 Å². The van der Waals surface area contributed by atoms with E-state index in [0.29, 0.717) is 22.5 Å². The predicted octanol–water partition coefficient (Wildman–Crippen LogP) is 12.6. The minimum Gasteiger partial charge on any atom is -0.302 e. The molecule has 2 heterocycles. The summed E-state index contributed by atoms with van der Waals surface area (Å²) >= 11 is 0. The van der Waals surface area contributed by atoms with Crippen LogP contribution in [0, 0.1) is 0 Å². The zero-order valence-electron chi connectivity index (χ0n) is 32.9. The van der Waals surface area contributed by atoms with Crippen LogP contribution in [-0.2, 0) is 22.7 Å². The number of amides is 2. The van der Waals surface area contributed by atoms with Gasteiger partial charge in [0.25, 0.3) is 11.8 Å². The molecule has 0 aliphatic carbocycles. The van der Waals surface area contributed by atoms with E-state index in [1.165, 1.54) is 0 Å². The molecule has 2 aliphatic rings. The van der Waals surface area contributed by atoms with Crippen molar-refractivity contribution in [1.29, 1.82) is 0 Å². The molecule has 0 atom stereocenters. The second-order valence-electron chi connectivity index (χ2n) is 15.2. The summed E-state index contributed by atoms with van der Waals surface area (Å²) in [6.45, 7) is 0.577. The predicted molar refractivity (Wildman–Crippen MR) is 242 cm³/mol. The first-order valence-corrected chi connectivity index (χ1v) is 20.3. The molecule has 0 saturated heterocycles. The van der Waals surface area contributed by atoms with Crippen LogP contribution in [0.15, 0.2) is 230 Å². The lowest BCUT2D eigenvalue weighted by molar-refractivity contribution is -0.124. The Morgan fingerprint density at radius 3 is 0.883 bits per heavy atom. The van der Waals surface area contributed by atoms with E-state index < -0.39 is 0 Å². The highest BCUT2D eigenvalue weighted by molar-refractivity contribution is 6.30. The highest BCUT2D eigenvalue weighted by Crippen LogP contribution is 2.48. The Hall–Kier alpha value is -7.82. The molecule has 8 aromatic rings. The maximum Gasteiger partial charge on any atom is 0.261 e. The molecule has 0 unspecified atom stereocenters. The molecule has 0 bridgehead atoms. The number of benzene rings is 8. The van der Waals surface area contributed by atoms with Crippen molar-refractivity contribution in [3.8, 4) is 44.5 Å². The van der Waals surface area contributed by atoms with Crippen molar-refractivity contribution >= 4 is 23.2 Å². The molecule has 4 nitrogen and oxygen atoms in total. The standard InChI is InChI=1S/C56H40N2O2/c59-55-51-52(54(46-35-31-42(32-36-46)40-19-7-2-8-20-40)58(55)38-48-26-14-16-28-50(48)44-23-11-4-12-24-44)56(60)57(37-47-25-13-15-27-49(47)43-21-9-3-10-22-43)53(51)45-33-29-41(30-34-45)39-17-5-1-6-18-39/h1-36H,37-38H2. The van der Waals surface area contributed by atoms with E-state index in [1.807, 2.05) is 131 Å². The van der Waals surface area contributed by atoms with Crippen LogP contribution in [0.1, 0.15) is 22.3 Å². The van der Waals surface area contributed by atoms with Gasteiger partial charge in [-0.2, -0.15) is 0 Å². The number of fused-ring (bicyclic) bond motifs is 1. The van der Waals surface area contributed by atoms with Crippen molar-refractivity contribution < 1.29 is 9.59 Å². The maximum absolute atomic E-state index is 15.5. The molecule has 8 aromatic carbocycles. The summed E-state index contributed by atoms with van der Waals surface area (Å²) in [5, 5.41) is 0. The monoisotopic (exact) mass is 772 g/mol. The third kappa shape index (κ3) is 6.74. The van der Waals surface area contributed by atoms with Crippen molar-refractivity contribution in [3.63, 3.8) is 0 Å². The quantitative estimate of drug-likeness (QED) is 0.139. The summed E-state index contributed by atoms with van der Waals surface area (Å²) in [6.07, 6.45) is 0. The molecule has 0 N–H and O–H groups in total. The molecule has 0 saturated carbocycles. The number of hydrogen-bond donors (Lipinski definition) is 0. The summed E-state index contributed by atoms with van der Waals surface area (Å²) < 4.78 is 0. The zero-order chi connectivity index (χ0) is 40.4. The largest absolute Gasteiger partial charge is 0.302 e. The van der Waals surface area contributed by atoms with Crippen LogP contribution in [0.4, 0.5) is 0 Å². The molecule has 2 amide bonds. The number of hydrogen-bond acceptors (Lipinski definition) is 2. The van der Waals surface area contributed by atoms with Gasteiger partial charge < -0.3 is 9.80 Å². The Morgan fingerprint density at radius 1 is 0.267 bits per heavy atom. The third-order valence-electron chi connectivity index (χ3n) is 11.6. The first-order chi connectivity index (χ1) is 29.6. The minimum atomic E-state index is -0.190. The smallest absolute Gasteiger partial charge is 0.261 e.